The zero-order valence-corrected chi connectivity index (χ0v) is 17.5. The van der Waals surface area contributed by atoms with Crippen molar-refractivity contribution >= 4 is 55.5 Å². The van der Waals surface area contributed by atoms with Gasteiger partial charge in [0.05, 0.1) is 16.5 Å². The molecule has 0 fully saturated rings. The molecular weight excluding hydrogens is 538 g/mol. The molecule has 1 N–H and O–H groups in total. The molecule has 28 heavy (non-hydrogen) atoms. The van der Waals surface area contributed by atoms with Crippen LogP contribution in [-0.4, -0.2) is 23.2 Å². The highest BCUT2D eigenvalue weighted by atomic mass is 79.9. The second-order valence-corrected chi connectivity index (χ2v) is 7.94. The summed E-state index contributed by atoms with van der Waals surface area (Å²) >= 11 is 11.9. The molecular formula is C18H10Br2ClF5O2. The van der Waals surface area contributed by atoms with E-state index in [1.165, 1.54) is 30.3 Å². The molecule has 0 saturated heterocycles. The first-order valence-electron chi connectivity index (χ1n) is 7.44. The first kappa shape index (κ1) is 22.8. The van der Waals surface area contributed by atoms with E-state index in [0.29, 0.717) is 15.0 Å². The Hall–Kier alpha value is -1.45. The minimum Gasteiger partial charge on any atom is -0.478 e. The fourth-order valence-electron chi connectivity index (χ4n) is 2.39. The molecule has 2 nitrogen and oxygen atoms in total. The van der Waals surface area contributed by atoms with Crippen molar-refractivity contribution in [2.75, 3.05) is 0 Å². The molecule has 0 heterocycles. The normalized spacial score (nSPS) is 13.7. The summed E-state index contributed by atoms with van der Waals surface area (Å²) in [6, 6.07) is 7.39. The molecule has 2 aromatic carbocycles. The van der Waals surface area contributed by atoms with Crippen molar-refractivity contribution in [3.05, 3.63) is 73.1 Å². The lowest BCUT2D eigenvalue weighted by atomic mass is 9.91. The van der Waals surface area contributed by atoms with E-state index in [-0.39, 0.29) is 21.7 Å². The molecule has 2 aromatic rings. The first-order valence-corrected chi connectivity index (χ1v) is 9.41. The third-order valence-electron chi connectivity index (χ3n) is 3.72. The van der Waals surface area contributed by atoms with Gasteiger partial charge in [-0.1, -0.05) is 61.7 Å². The van der Waals surface area contributed by atoms with Gasteiger partial charge >= 0.3 is 18.1 Å². The van der Waals surface area contributed by atoms with E-state index in [4.69, 9.17) is 16.7 Å². The molecule has 0 aliphatic carbocycles. The van der Waals surface area contributed by atoms with Crippen LogP contribution in [0.3, 0.4) is 0 Å². The molecule has 0 aromatic heterocycles. The van der Waals surface area contributed by atoms with Gasteiger partial charge in [0.2, 0.25) is 0 Å². The SMILES string of the molecule is O=C(O)c1ccc(/C=C/C(c2cc(Br)cc(Br)c2)C(F)(F)C(F)(F)F)cc1Cl. The molecule has 2 rings (SSSR count). The molecule has 150 valence electrons. The number of allylic oxidation sites excluding steroid dienone is 1. The lowest BCUT2D eigenvalue weighted by molar-refractivity contribution is -0.286. The van der Waals surface area contributed by atoms with E-state index < -0.39 is 24.0 Å². The van der Waals surface area contributed by atoms with Crippen LogP contribution in [-0.2, 0) is 0 Å². The van der Waals surface area contributed by atoms with Crippen LogP contribution < -0.4 is 0 Å². The third-order valence-corrected chi connectivity index (χ3v) is 4.95. The maximum atomic E-state index is 14.2. The van der Waals surface area contributed by atoms with Crippen LogP contribution in [0.1, 0.15) is 27.4 Å². The predicted octanol–water partition coefficient (Wildman–Crippen LogP) is 7.56. The second kappa shape index (κ2) is 8.51. The van der Waals surface area contributed by atoms with Gasteiger partial charge in [0.15, 0.2) is 0 Å². The molecule has 0 saturated carbocycles. The average molecular weight is 549 g/mol. The Morgan fingerprint density at radius 3 is 2.07 bits per heavy atom. The standard InChI is InChI=1S/C18H10Br2ClF5O2/c19-11-6-10(7-12(20)8-11)14(17(22,23)18(24,25)26)4-2-9-1-3-13(16(27)28)15(21)5-9/h1-8,14H,(H,27,28)/b4-2+. The molecule has 0 radical (unpaired) electrons. The summed E-state index contributed by atoms with van der Waals surface area (Å²) in [6.07, 6.45) is -4.02. The number of rotatable bonds is 5. The highest BCUT2D eigenvalue weighted by Crippen LogP contribution is 2.47. The largest absolute Gasteiger partial charge is 0.478 e. The molecule has 0 amide bonds. The van der Waals surface area contributed by atoms with Crippen LogP contribution >= 0.6 is 43.5 Å². The number of carboxylic acid groups (broad SMARTS) is 1. The number of halogens is 8. The van der Waals surface area contributed by atoms with Crippen LogP contribution in [0, 0.1) is 0 Å². The predicted molar refractivity (Wildman–Crippen MR) is 103 cm³/mol. The Labute approximate surface area is 178 Å². The van der Waals surface area contributed by atoms with Gasteiger partial charge in [0.1, 0.15) is 0 Å². The summed E-state index contributed by atoms with van der Waals surface area (Å²) in [6.45, 7) is 0. The fourth-order valence-corrected chi connectivity index (χ4v) is 3.99. The molecule has 0 aliphatic heterocycles. The van der Waals surface area contributed by atoms with E-state index in [2.05, 4.69) is 31.9 Å². The number of carbonyl (C=O) groups is 1. The molecule has 0 spiro atoms. The van der Waals surface area contributed by atoms with Crippen LogP contribution in [0.15, 0.2) is 51.4 Å². The fraction of sp³-hybridized carbons (Fsp3) is 0.167. The molecule has 0 bridgehead atoms. The first-order chi connectivity index (χ1) is 12.8. The van der Waals surface area contributed by atoms with Crippen molar-refractivity contribution < 1.29 is 31.9 Å². The number of alkyl halides is 5. The van der Waals surface area contributed by atoms with Crippen molar-refractivity contribution in [3.63, 3.8) is 0 Å². The van der Waals surface area contributed by atoms with Crippen molar-refractivity contribution in [3.8, 4) is 0 Å². The van der Waals surface area contributed by atoms with Crippen molar-refractivity contribution in [2.45, 2.75) is 18.0 Å². The van der Waals surface area contributed by atoms with E-state index in [0.717, 1.165) is 12.1 Å². The summed E-state index contributed by atoms with van der Waals surface area (Å²) in [5.41, 5.74) is -0.313. The van der Waals surface area contributed by atoms with Gasteiger partial charge in [-0.05, 0) is 41.5 Å². The number of hydrogen-bond acceptors (Lipinski definition) is 1. The topological polar surface area (TPSA) is 37.3 Å². The van der Waals surface area contributed by atoms with Crippen LogP contribution in [0.5, 0.6) is 0 Å². The Kier molecular flexibility index (Phi) is 6.94. The number of benzene rings is 2. The summed E-state index contributed by atoms with van der Waals surface area (Å²) in [7, 11) is 0. The minimum absolute atomic E-state index is 0.168. The van der Waals surface area contributed by atoms with Gasteiger partial charge in [-0.15, -0.1) is 0 Å². The quantitative estimate of drug-likeness (QED) is 0.392. The second-order valence-electron chi connectivity index (χ2n) is 5.70. The molecule has 0 aliphatic rings. The van der Waals surface area contributed by atoms with Crippen molar-refractivity contribution in [1.29, 1.82) is 0 Å². The maximum absolute atomic E-state index is 14.2. The molecule has 1 unspecified atom stereocenters. The Morgan fingerprint density at radius 2 is 1.61 bits per heavy atom. The number of aromatic carboxylic acids is 1. The van der Waals surface area contributed by atoms with E-state index in [1.807, 2.05) is 0 Å². The van der Waals surface area contributed by atoms with Crippen LogP contribution in [0.2, 0.25) is 5.02 Å². The monoisotopic (exact) mass is 546 g/mol. The van der Waals surface area contributed by atoms with Crippen LogP contribution in [0.4, 0.5) is 22.0 Å². The molecule has 10 heteroatoms. The van der Waals surface area contributed by atoms with Crippen LogP contribution in [0.25, 0.3) is 6.08 Å². The molecule has 1 atom stereocenters. The summed E-state index contributed by atoms with van der Waals surface area (Å²) in [4.78, 5) is 11.0. The highest BCUT2D eigenvalue weighted by molar-refractivity contribution is 9.11. The van der Waals surface area contributed by atoms with Gasteiger partial charge in [0, 0.05) is 8.95 Å². The smallest absolute Gasteiger partial charge is 0.454 e. The van der Waals surface area contributed by atoms with E-state index >= 15 is 0 Å². The average Bonchev–Trinajstić information content (AvgIpc) is 2.52. The minimum atomic E-state index is -5.78. The van der Waals surface area contributed by atoms with Crippen molar-refractivity contribution in [1.82, 2.24) is 0 Å². The van der Waals surface area contributed by atoms with Gasteiger partial charge in [-0.2, -0.15) is 22.0 Å². The number of hydrogen-bond donors (Lipinski definition) is 1. The lowest BCUT2D eigenvalue weighted by Crippen LogP contribution is -2.41. The highest BCUT2D eigenvalue weighted by Gasteiger charge is 2.61. The van der Waals surface area contributed by atoms with Crippen molar-refractivity contribution in [2.24, 2.45) is 0 Å². The third kappa shape index (κ3) is 5.12. The number of carboxylic acids is 1. The van der Waals surface area contributed by atoms with Gasteiger partial charge < -0.3 is 5.11 Å². The summed E-state index contributed by atoms with van der Waals surface area (Å²) in [5, 5.41) is 8.77. The zero-order chi connectivity index (χ0) is 21.3. The summed E-state index contributed by atoms with van der Waals surface area (Å²) < 4.78 is 68.0. The van der Waals surface area contributed by atoms with E-state index in [9.17, 15) is 26.7 Å². The maximum Gasteiger partial charge on any atom is 0.454 e. The Balaban J connectivity index is 2.52. The van der Waals surface area contributed by atoms with Gasteiger partial charge in [0.25, 0.3) is 0 Å². The van der Waals surface area contributed by atoms with Gasteiger partial charge in [-0.25, -0.2) is 4.79 Å². The summed E-state index contributed by atoms with van der Waals surface area (Å²) in [5.74, 6) is -8.66. The lowest BCUT2D eigenvalue weighted by Gasteiger charge is -2.27. The Bertz CT molecular complexity index is 908. The van der Waals surface area contributed by atoms with E-state index in [1.54, 1.807) is 0 Å². The Morgan fingerprint density at radius 1 is 1.04 bits per heavy atom. The zero-order valence-electron chi connectivity index (χ0n) is 13.6. The van der Waals surface area contributed by atoms with Gasteiger partial charge in [-0.3, -0.25) is 0 Å².